The summed E-state index contributed by atoms with van der Waals surface area (Å²) < 4.78 is 5.12. The Morgan fingerprint density at radius 1 is 1.27 bits per heavy atom. The fourth-order valence-electron chi connectivity index (χ4n) is 3.23. The minimum atomic E-state index is -0.296. The van der Waals surface area contributed by atoms with Crippen LogP contribution in [0.2, 0.25) is 0 Å². The second-order valence-corrected chi connectivity index (χ2v) is 7.02. The van der Waals surface area contributed by atoms with Crippen molar-refractivity contribution in [1.82, 2.24) is 9.80 Å². The van der Waals surface area contributed by atoms with Crippen LogP contribution < -0.4 is 10.1 Å². The number of amides is 2. The van der Waals surface area contributed by atoms with Crippen LogP contribution >= 0.6 is 0 Å². The van der Waals surface area contributed by atoms with Gasteiger partial charge in [0.2, 0.25) is 11.8 Å². The number of hydrogen-bond donors (Lipinski definition) is 1. The lowest BCUT2D eigenvalue weighted by molar-refractivity contribution is -0.138. The summed E-state index contributed by atoms with van der Waals surface area (Å²) in [5, 5.41) is 2.88. The fourth-order valence-corrected chi connectivity index (χ4v) is 3.23. The molecule has 1 unspecified atom stereocenters. The lowest BCUT2D eigenvalue weighted by atomic mass is 9.98. The second-order valence-electron chi connectivity index (χ2n) is 7.02. The number of nitrogens with zero attached hydrogens (tertiary/aromatic N) is 2. The van der Waals surface area contributed by atoms with Crippen LogP contribution in [0.25, 0.3) is 0 Å². The third-order valence-corrected chi connectivity index (χ3v) is 5.13. The molecule has 0 spiro atoms. The molecule has 1 fully saturated rings. The Balaban J connectivity index is 1.89. The highest BCUT2D eigenvalue weighted by Crippen LogP contribution is 2.18. The highest BCUT2D eigenvalue weighted by Gasteiger charge is 2.28. The Morgan fingerprint density at radius 2 is 1.88 bits per heavy atom. The topological polar surface area (TPSA) is 61.9 Å². The van der Waals surface area contributed by atoms with Crippen molar-refractivity contribution in [2.24, 2.45) is 5.92 Å². The molecule has 1 aliphatic heterocycles. The molecule has 2 amide bonds. The molecule has 1 atom stereocenters. The van der Waals surface area contributed by atoms with E-state index in [2.05, 4.69) is 12.2 Å². The third-order valence-electron chi connectivity index (χ3n) is 5.13. The number of nitrogens with one attached hydrogen (secondary N) is 1. The summed E-state index contributed by atoms with van der Waals surface area (Å²) in [6.07, 6.45) is 2.12. The summed E-state index contributed by atoms with van der Waals surface area (Å²) in [5.74, 6) is 1.43. The van der Waals surface area contributed by atoms with Crippen LogP contribution in [0.1, 0.15) is 33.6 Å². The fraction of sp³-hybridized carbons (Fsp3) is 0.600. The number of methoxy groups -OCH3 is 1. The molecular formula is C20H31N3O3. The highest BCUT2D eigenvalue weighted by molar-refractivity contribution is 5.93. The summed E-state index contributed by atoms with van der Waals surface area (Å²) in [7, 11) is 1.61. The molecular weight excluding hydrogens is 330 g/mol. The molecule has 26 heavy (non-hydrogen) atoms. The first-order valence-electron chi connectivity index (χ1n) is 9.41. The quantitative estimate of drug-likeness (QED) is 0.811. The van der Waals surface area contributed by atoms with Gasteiger partial charge in [-0.1, -0.05) is 13.8 Å². The van der Waals surface area contributed by atoms with E-state index in [0.29, 0.717) is 12.5 Å². The van der Waals surface area contributed by atoms with Gasteiger partial charge in [0.15, 0.2) is 0 Å². The van der Waals surface area contributed by atoms with Gasteiger partial charge in [-0.25, -0.2) is 0 Å². The average molecular weight is 361 g/mol. The summed E-state index contributed by atoms with van der Waals surface area (Å²) in [4.78, 5) is 29.0. The van der Waals surface area contributed by atoms with E-state index in [0.717, 1.165) is 37.4 Å². The maximum atomic E-state index is 12.8. The number of likely N-dealkylation sites (tertiary alicyclic amines) is 1. The number of piperidine rings is 1. The first-order chi connectivity index (χ1) is 12.4. The zero-order chi connectivity index (χ0) is 19.1. The smallest absolute Gasteiger partial charge is 0.239 e. The number of anilines is 1. The zero-order valence-corrected chi connectivity index (χ0v) is 16.3. The van der Waals surface area contributed by atoms with Crippen LogP contribution in [0.4, 0.5) is 5.69 Å². The van der Waals surface area contributed by atoms with Crippen LogP contribution in [-0.2, 0) is 9.59 Å². The SMILES string of the molecule is CCN(CC(=O)Nc1ccc(OC)cc1)C(C)C(=O)N1CCC(C)CC1. The number of benzene rings is 1. The first kappa shape index (κ1) is 20.2. The molecule has 6 nitrogen and oxygen atoms in total. The molecule has 1 N–H and O–H groups in total. The van der Waals surface area contributed by atoms with Crippen molar-refractivity contribution in [3.05, 3.63) is 24.3 Å². The van der Waals surface area contributed by atoms with Crippen LogP contribution in [0.15, 0.2) is 24.3 Å². The van der Waals surface area contributed by atoms with Crippen molar-refractivity contribution in [2.75, 3.05) is 38.6 Å². The number of carbonyl (C=O) groups excluding carboxylic acids is 2. The minimum Gasteiger partial charge on any atom is -0.497 e. The molecule has 1 heterocycles. The van der Waals surface area contributed by atoms with Crippen molar-refractivity contribution in [3.63, 3.8) is 0 Å². The molecule has 0 radical (unpaired) electrons. The lowest BCUT2D eigenvalue weighted by Crippen LogP contribution is -2.51. The predicted molar refractivity (Wildman–Crippen MR) is 103 cm³/mol. The van der Waals surface area contributed by atoms with Gasteiger partial charge >= 0.3 is 0 Å². The van der Waals surface area contributed by atoms with Gasteiger partial charge in [-0.05, 0) is 56.5 Å². The number of ether oxygens (including phenoxy) is 1. The minimum absolute atomic E-state index is 0.121. The van der Waals surface area contributed by atoms with E-state index in [1.807, 2.05) is 23.6 Å². The maximum absolute atomic E-state index is 12.8. The van der Waals surface area contributed by atoms with E-state index in [9.17, 15) is 9.59 Å². The summed E-state index contributed by atoms with van der Waals surface area (Å²) in [5.41, 5.74) is 0.718. The van der Waals surface area contributed by atoms with Crippen molar-refractivity contribution >= 4 is 17.5 Å². The molecule has 144 valence electrons. The molecule has 1 aliphatic rings. The molecule has 6 heteroatoms. The molecule has 1 aromatic rings. The monoisotopic (exact) mass is 361 g/mol. The molecule has 1 saturated heterocycles. The molecule has 0 aliphatic carbocycles. The summed E-state index contributed by atoms with van der Waals surface area (Å²) >= 11 is 0. The largest absolute Gasteiger partial charge is 0.497 e. The Kier molecular flexibility index (Phi) is 7.45. The highest BCUT2D eigenvalue weighted by atomic mass is 16.5. The normalized spacial score (nSPS) is 16.4. The number of likely N-dealkylation sites (N-methyl/N-ethyl adjacent to an activating group) is 1. The van der Waals surface area contributed by atoms with Gasteiger partial charge in [0.25, 0.3) is 0 Å². The average Bonchev–Trinajstić information content (AvgIpc) is 2.66. The Morgan fingerprint density at radius 3 is 2.42 bits per heavy atom. The molecule has 0 saturated carbocycles. The van der Waals surface area contributed by atoms with Gasteiger partial charge in [0.05, 0.1) is 19.7 Å². The Hall–Kier alpha value is -2.08. The Labute approximate surface area is 156 Å². The van der Waals surface area contributed by atoms with Gasteiger partial charge in [-0.15, -0.1) is 0 Å². The molecule has 0 bridgehead atoms. The van der Waals surface area contributed by atoms with Gasteiger partial charge in [-0.3, -0.25) is 14.5 Å². The van der Waals surface area contributed by atoms with Crippen LogP contribution in [0.3, 0.4) is 0 Å². The maximum Gasteiger partial charge on any atom is 0.239 e. The van der Waals surface area contributed by atoms with Crippen molar-refractivity contribution in [3.8, 4) is 5.75 Å². The van der Waals surface area contributed by atoms with E-state index in [-0.39, 0.29) is 24.4 Å². The van der Waals surface area contributed by atoms with Crippen molar-refractivity contribution in [1.29, 1.82) is 0 Å². The van der Waals surface area contributed by atoms with Crippen LogP contribution in [0, 0.1) is 5.92 Å². The van der Waals surface area contributed by atoms with E-state index >= 15 is 0 Å². The first-order valence-corrected chi connectivity index (χ1v) is 9.41. The summed E-state index contributed by atoms with van der Waals surface area (Å²) in [6.45, 7) is 8.58. The van der Waals surface area contributed by atoms with Gasteiger partial charge < -0.3 is 15.0 Å². The number of carbonyl (C=O) groups is 2. The van der Waals surface area contributed by atoms with Crippen molar-refractivity contribution < 1.29 is 14.3 Å². The van der Waals surface area contributed by atoms with Crippen LogP contribution in [0.5, 0.6) is 5.75 Å². The van der Waals surface area contributed by atoms with E-state index < -0.39 is 0 Å². The molecule has 0 aromatic heterocycles. The lowest BCUT2D eigenvalue weighted by Gasteiger charge is -2.35. The molecule has 1 aromatic carbocycles. The van der Waals surface area contributed by atoms with Crippen molar-refractivity contribution in [2.45, 2.75) is 39.7 Å². The zero-order valence-electron chi connectivity index (χ0n) is 16.3. The summed E-state index contributed by atoms with van der Waals surface area (Å²) in [6, 6.07) is 6.91. The van der Waals surface area contributed by atoms with E-state index in [1.54, 1.807) is 31.4 Å². The van der Waals surface area contributed by atoms with Gasteiger partial charge in [-0.2, -0.15) is 0 Å². The molecule has 2 rings (SSSR count). The van der Waals surface area contributed by atoms with Gasteiger partial charge in [0.1, 0.15) is 5.75 Å². The van der Waals surface area contributed by atoms with E-state index in [4.69, 9.17) is 4.74 Å². The number of hydrogen-bond acceptors (Lipinski definition) is 4. The standard InChI is InChI=1S/C20H31N3O3/c1-5-22(16(3)20(25)23-12-10-15(2)11-13-23)14-19(24)21-17-6-8-18(26-4)9-7-17/h6-9,15-16H,5,10-14H2,1-4H3,(H,21,24). The second kappa shape index (κ2) is 9.57. The van der Waals surface area contributed by atoms with Gasteiger partial charge in [0, 0.05) is 18.8 Å². The predicted octanol–water partition coefficient (Wildman–Crippen LogP) is 2.60. The van der Waals surface area contributed by atoms with Crippen LogP contribution in [-0.4, -0.2) is 60.9 Å². The number of rotatable bonds is 7. The third kappa shape index (κ3) is 5.46. The van der Waals surface area contributed by atoms with E-state index in [1.165, 1.54) is 0 Å². The Bertz CT molecular complexity index is 595.